The van der Waals surface area contributed by atoms with Crippen LogP contribution in [0.15, 0.2) is 18.2 Å². The Balaban J connectivity index is 2.04. The van der Waals surface area contributed by atoms with Gasteiger partial charge in [-0.05, 0) is 35.4 Å². The third-order valence-corrected chi connectivity index (χ3v) is 5.78. The van der Waals surface area contributed by atoms with Crippen molar-refractivity contribution < 1.29 is 9.00 Å². The van der Waals surface area contributed by atoms with Gasteiger partial charge in [-0.1, -0.05) is 39.0 Å². The molecule has 0 fully saturated rings. The van der Waals surface area contributed by atoms with Crippen LogP contribution in [0.2, 0.25) is 0 Å². The summed E-state index contributed by atoms with van der Waals surface area (Å²) in [6, 6.07) is 6.58. The van der Waals surface area contributed by atoms with Crippen molar-refractivity contribution in [1.82, 2.24) is 10.2 Å². The van der Waals surface area contributed by atoms with Gasteiger partial charge in [0.25, 0.3) is 0 Å². The van der Waals surface area contributed by atoms with E-state index >= 15 is 0 Å². The highest BCUT2D eigenvalue weighted by molar-refractivity contribution is 7.84. The van der Waals surface area contributed by atoms with Gasteiger partial charge in [-0.15, -0.1) is 0 Å². The number of carbonyl (C=O) groups excluding carboxylic acids is 1. The maximum absolute atomic E-state index is 12.3. The van der Waals surface area contributed by atoms with Crippen molar-refractivity contribution in [3.05, 3.63) is 34.9 Å². The van der Waals surface area contributed by atoms with Gasteiger partial charge in [0, 0.05) is 41.9 Å². The molecule has 0 aliphatic carbocycles. The molecule has 0 saturated heterocycles. The molecular formula is C18H28N2O2S. The first kappa shape index (κ1) is 18.0. The average Bonchev–Trinajstić information content (AvgIpc) is 2.50. The molecule has 0 saturated carbocycles. The molecule has 0 spiro atoms. The van der Waals surface area contributed by atoms with Crippen molar-refractivity contribution in [3.8, 4) is 0 Å². The second-order valence-electron chi connectivity index (χ2n) is 7.40. The number of urea groups is 1. The van der Waals surface area contributed by atoms with Crippen LogP contribution < -0.4 is 5.32 Å². The second kappa shape index (κ2) is 7.04. The lowest BCUT2D eigenvalue weighted by atomic mass is 9.84. The molecule has 23 heavy (non-hydrogen) atoms. The van der Waals surface area contributed by atoms with Crippen LogP contribution in [-0.4, -0.2) is 39.7 Å². The molecule has 1 aromatic carbocycles. The first-order valence-corrected chi connectivity index (χ1v) is 9.78. The summed E-state index contributed by atoms with van der Waals surface area (Å²) < 4.78 is 11.4. The predicted molar refractivity (Wildman–Crippen MR) is 96.2 cm³/mol. The molecule has 1 aliphatic rings. The van der Waals surface area contributed by atoms with Gasteiger partial charge in [-0.2, -0.15) is 0 Å². The lowest BCUT2D eigenvalue weighted by molar-refractivity contribution is 0.192. The van der Waals surface area contributed by atoms with Gasteiger partial charge in [-0.25, -0.2) is 4.79 Å². The lowest BCUT2D eigenvalue weighted by Gasteiger charge is -2.31. The summed E-state index contributed by atoms with van der Waals surface area (Å²) in [5, 5.41) is 2.88. The minimum atomic E-state index is -0.914. The van der Waals surface area contributed by atoms with Gasteiger partial charge in [-0.3, -0.25) is 4.21 Å². The SMILES string of the molecule is C[C@H](CNC(=O)N1CCc2ccc(C(C)(C)C)cc2C1)[S@](C)=O. The first-order valence-electron chi connectivity index (χ1n) is 8.16. The van der Waals surface area contributed by atoms with E-state index in [1.807, 2.05) is 11.8 Å². The highest BCUT2D eigenvalue weighted by atomic mass is 32.2. The molecule has 1 aliphatic heterocycles. The van der Waals surface area contributed by atoms with E-state index in [4.69, 9.17) is 0 Å². The predicted octanol–water partition coefficient (Wildman–Crippen LogP) is 2.82. The fourth-order valence-electron chi connectivity index (χ4n) is 2.66. The van der Waals surface area contributed by atoms with Crippen LogP contribution in [0, 0.1) is 0 Å². The number of nitrogens with zero attached hydrogens (tertiary/aromatic N) is 1. The highest BCUT2D eigenvalue weighted by Gasteiger charge is 2.23. The number of benzene rings is 1. The number of hydrogen-bond acceptors (Lipinski definition) is 2. The van der Waals surface area contributed by atoms with Crippen molar-refractivity contribution in [2.75, 3.05) is 19.3 Å². The van der Waals surface area contributed by atoms with Gasteiger partial charge < -0.3 is 10.2 Å². The van der Waals surface area contributed by atoms with Crippen LogP contribution in [-0.2, 0) is 29.2 Å². The molecule has 0 radical (unpaired) electrons. The van der Waals surface area contributed by atoms with E-state index in [2.05, 4.69) is 44.3 Å². The van der Waals surface area contributed by atoms with Crippen molar-refractivity contribution in [3.63, 3.8) is 0 Å². The molecule has 0 bridgehead atoms. The molecule has 0 unspecified atom stereocenters. The molecule has 4 nitrogen and oxygen atoms in total. The van der Waals surface area contributed by atoms with Crippen LogP contribution in [0.5, 0.6) is 0 Å². The van der Waals surface area contributed by atoms with Gasteiger partial charge in [0.2, 0.25) is 0 Å². The zero-order chi connectivity index (χ0) is 17.2. The van der Waals surface area contributed by atoms with Crippen molar-refractivity contribution in [2.45, 2.75) is 51.3 Å². The number of amides is 2. The zero-order valence-corrected chi connectivity index (χ0v) is 15.6. The van der Waals surface area contributed by atoms with E-state index in [9.17, 15) is 9.00 Å². The summed E-state index contributed by atoms with van der Waals surface area (Å²) >= 11 is 0. The zero-order valence-electron chi connectivity index (χ0n) is 14.8. The minimum absolute atomic E-state index is 0.0245. The minimum Gasteiger partial charge on any atom is -0.337 e. The normalized spacial score (nSPS) is 17.3. The Morgan fingerprint density at radius 2 is 2.04 bits per heavy atom. The number of fused-ring (bicyclic) bond motifs is 1. The van der Waals surface area contributed by atoms with E-state index in [1.165, 1.54) is 16.7 Å². The van der Waals surface area contributed by atoms with Crippen LogP contribution in [0.4, 0.5) is 4.79 Å². The maximum atomic E-state index is 12.3. The highest BCUT2D eigenvalue weighted by Crippen LogP contribution is 2.27. The van der Waals surface area contributed by atoms with E-state index in [1.54, 1.807) is 6.26 Å². The molecule has 0 aromatic heterocycles. The fraction of sp³-hybridized carbons (Fsp3) is 0.611. The molecule has 128 valence electrons. The van der Waals surface area contributed by atoms with E-state index in [-0.39, 0.29) is 16.7 Å². The van der Waals surface area contributed by atoms with E-state index < -0.39 is 10.8 Å². The summed E-state index contributed by atoms with van der Waals surface area (Å²) in [4.78, 5) is 14.2. The van der Waals surface area contributed by atoms with Crippen molar-refractivity contribution in [2.24, 2.45) is 0 Å². The fourth-order valence-corrected chi connectivity index (χ4v) is 2.98. The lowest BCUT2D eigenvalue weighted by Crippen LogP contribution is -2.45. The quantitative estimate of drug-likeness (QED) is 0.923. The van der Waals surface area contributed by atoms with Crippen LogP contribution in [0.3, 0.4) is 0 Å². The molecular weight excluding hydrogens is 308 g/mol. The third-order valence-electron chi connectivity index (χ3n) is 4.48. The molecule has 1 aromatic rings. The smallest absolute Gasteiger partial charge is 0.317 e. The molecule has 1 heterocycles. The standard InChI is InChI=1S/C18H28N2O2S/c1-13(23(5)22)11-19-17(21)20-9-8-14-6-7-16(18(2,3)4)10-15(14)12-20/h6-7,10,13H,8-9,11-12H2,1-5H3,(H,19,21)/t13-,23+/m1/s1. The number of nitrogens with one attached hydrogen (secondary N) is 1. The van der Waals surface area contributed by atoms with Gasteiger partial charge >= 0.3 is 6.03 Å². The van der Waals surface area contributed by atoms with Gasteiger partial charge in [0.1, 0.15) is 0 Å². The summed E-state index contributed by atoms with van der Waals surface area (Å²) in [6.45, 7) is 10.3. The Morgan fingerprint density at radius 3 is 2.65 bits per heavy atom. The third kappa shape index (κ3) is 4.56. The maximum Gasteiger partial charge on any atom is 0.317 e. The Labute approximate surface area is 142 Å². The Bertz CT molecular complexity index is 608. The Kier molecular flexibility index (Phi) is 5.50. The summed E-state index contributed by atoms with van der Waals surface area (Å²) in [5.74, 6) is 0. The van der Waals surface area contributed by atoms with Gasteiger partial charge in [0.05, 0.1) is 0 Å². The van der Waals surface area contributed by atoms with Gasteiger partial charge in [0.15, 0.2) is 0 Å². The summed E-state index contributed by atoms with van der Waals surface area (Å²) in [6.07, 6.45) is 2.56. The van der Waals surface area contributed by atoms with Crippen LogP contribution >= 0.6 is 0 Å². The van der Waals surface area contributed by atoms with E-state index in [0.717, 1.165) is 13.0 Å². The number of carbonyl (C=O) groups is 1. The molecule has 2 atom stereocenters. The summed E-state index contributed by atoms with van der Waals surface area (Å²) in [5.41, 5.74) is 3.99. The molecule has 5 heteroatoms. The molecule has 2 amide bonds. The monoisotopic (exact) mass is 336 g/mol. The first-order chi connectivity index (χ1) is 10.7. The topological polar surface area (TPSA) is 49.4 Å². The van der Waals surface area contributed by atoms with E-state index in [0.29, 0.717) is 13.1 Å². The van der Waals surface area contributed by atoms with Crippen molar-refractivity contribution >= 4 is 16.8 Å². The Hall–Kier alpha value is -1.36. The summed E-state index contributed by atoms with van der Waals surface area (Å²) in [7, 11) is -0.914. The average molecular weight is 337 g/mol. The number of hydrogen-bond donors (Lipinski definition) is 1. The number of rotatable bonds is 3. The largest absolute Gasteiger partial charge is 0.337 e. The second-order valence-corrected chi connectivity index (χ2v) is 9.20. The Morgan fingerprint density at radius 1 is 1.35 bits per heavy atom. The molecule has 1 N–H and O–H groups in total. The van der Waals surface area contributed by atoms with Crippen LogP contribution in [0.25, 0.3) is 0 Å². The molecule has 2 rings (SSSR count). The van der Waals surface area contributed by atoms with Crippen LogP contribution in [0.1, 0.15) is 44.4 Å². The van der Waals surface area contributed by atoms with Crippen molar-refractivity contribution in [1.29, 1.82) is 0 Å².